The van der Waals surface area contributed by atoms with Gasteiger partial charge in [0.05, 0.1) is 13.2 Å². The summed E-state index contributed by atoms with van der Waals surface area (Å²) in [5.74, 6) is 2.02. The molecule has 1 N–H and O–H groups in total. The van der Waals surface area contributed by atoms with Crippen molar-refractivity contribution in [3.8, 4) is 5.88 Å². The van der Waals surface area contributed by atoms with Crippen LogP contribution in [-0.2, 0) is 9.47 Å². The molecule has 0 amide bonds. The Morgan fingerprint density at radius 3 is 2.95 bits per heavy atom. The van der Waals surface area contributed by atoms with Gasteiger partial charge in [0, 0.05) is 32.7 Å². The van der Waals surface area contributed by atoms with Crippen molar-refractivity contribution in [1.29, 1.82) is 0 Å². The van der Waals surface area contributed by atoms with Crippen molar-refractivity contribution >= 4 is 5.82 Å². The molecule has 0 spiro atoms. The number of rotatable bonds is 6. The monoisotopic (exact) mass is 267 g/mol. The molecule has 1 aliphatic rings. The molecule has 1 unspecified atom stereocenters. The SMILES string of the molecule is CCOc1cc(NCC2(OC)CCOC2)nc(C)n1. The molecule has 106 valence electrons. The van der Waals surface area contributed by atoms with Crippen LogP contribution < -0.4 is 10.1 Å². The molecule has 1 aliphatic heterocycles. The molecule has 0 aliphatic carbocycles. The quantitative estimate of drug-likeness (QED) is 0.840. The predicted octanol–water partition coefficient (Wildman–Crippen LogP) is 1.40. The third-order valence-electron chi connectivity index (χ3n) is 3.20. The van der Waals surface area contributed by atoms with Crippen LogP contribution in [0.5, 0.6) is 5.88 Å². The lowest BCUT2D eigenvalue weighted by Gasteiger charge is -2.26. The Hall–Kier alpha value is -1.40. The molecule has 1 aromatic heterocycles. The lowest BCUT2D eigenvalue weighted by molar-refractivity contribution is -0.00626. The second-order valence-electron chi connectivity index (χ2n) is 4.61. The molecule has 0 aromatic carbocycles. The van der Waals surface area contributed by atoms with E-state index in [1.54, 1.807) is 13.2 Å². The summed E-state index contributed by atoms with van der Waals surface area (Å²) in [5.41, 5.74) is -0.259. The highest BCUT2D eigenvalue weighted by Gasteiger charge is 2.34. The topological polar surface area (TPSA) is 65.5 Å². The van der Waals surface area contributed by atoms with E-state index < -0.39 is 0 Å². The number of hydrogen-bond acceptors (Lipinski definition) is 6. The zero-order valence-electron chi connectivity index (χ0n) is 11.7. The molecule has 0 saturated carbocycles. The van der Waals surface area contributed by atoms with Gasteiger partial charge in [0.2, 0.25) is 5.88 Å². The van der Waals surface area contributed by atoms with Crippen LogP contribution in [0.3, 0.4) is 0 Å². The maximum atomic E-state index is 5.57. The van der Waals surface area contributed by atoms with Crippen molar-refractivity contribution in [2.24, 2.45) is 0 Å². The molecule has 1 fully saturated rings. The molecule has 0 bridgehead atoms. The first-order chi connectivity index (χ1) is 9.17. The zero-order chi connectivity index (χ0) is 13.7. The van der Waals surface area contributed by atoms with Gasteiger partial charge in [-0.1, -0.05) is 0 Å². The first-order valence-corrected chi connectivity index (χ1v) is 6.53. The van der Waals surface area contributed by atoms with Crippen LogP contribution in [0.25, 0.3) is 0 Å². The lowest BCUT2D eigenvalue weighted by Crippen LogP contribution is -2.39. The third-order valence-corrected chi connectivity index (χ3v) is 3.20. The molecule has 2 rings (SSSR count). The molecule has 1 atom stereocenters. The van der Waals surface area contributed by atoms with Crippen LogP contribution in [0.2, 0.25) is 0 Å². The van der Waals surface area contributed by atoms with Gasteiger partial charge >= 0.3 is 0 Å². The summed E-state index contributed by atoms with van der Waals surface area (Å²) in [7, 11) is 1.72. The first kappa shape index (κ1) is 14.0. The van der Waals surface area contributed by atoms with E-state index in [0.717, 1.165) is 18.8 Å². The van der Waals surface area contributed by atoms with Crippen LogP contribution in [0, 0.1) is 6.92 Å². The highest BCUT2D eigenvalue weighted by Crippen LogP contribution is 2.23. The summed E-state index contributed by atoms with van der Waals surface area (Å²) >= 11 is 0. The summed E-state index contributed by atoms with van der Waals surface area (Å²) in [6, 6.07) is 1.80. The van der Waals surface area contributed by atoms with Crippen molar-refractivity contribution < 1.29 is 14.2 Å². The van der Waals surface area contributed by atoms with Gasteiger partial charge in [0.25, 0.3) is 0 Å². The minimum Gasteiger partial charge on any atom is -0.478 e. The fraction of sp³-hybridized carbons (Fsp3) is 0.692. The molecule has 19 heavy (non-hydrogen) atoms. The number of anilines is 1. The van der Waals surface area contributed by atoms with Gasteiger partial charge in [-0.2, -0.15) is 4.98 Å². The van der Waals surface area contributed by atoms with Crippen LogP contribution in [0.15, 0.2) is 6.07 Å². The highest BCUT2D eigenvalue weighted by atomic mass is 16.5. The Morgan fingerprint density at radius 2 is 2.32 bits per heavy atom. The van der Waals surface area contributed by atoms with Crippen molar-refractivity contribution in [2.75, 3.05) is 38.8 Å². The Morgan fingerprint density at radius 1 is 1.47 bits per heavy atom. The molecule has 2 heterocycles. The van der Waals surface area contributed by atoms with Crippen molar-refractivity contribution in [1.82, 2.24) is 9.97 Å². The maximum absolute atomic E-state index is 5.57. The normalized spacial score (nSPS) is 22.5. The standard InChI is InChI=1S/C13H21N3O3/c1-4-19-12-7-11(15-10(2)16-12)14-8-13(17-3)5-6-18-9-13/h7H,4-6,8-9H2,1-3H3,(H,14,15,16). The number of methoxy groups -OCH3 is 1. The van der Waals surface area contributed by atoms with E-state index in [9.17, 15) is 0 Å². The molecule has 6 nitrogen and oxygen atoms in total. The smallest absolute Gasteiger partial charge is 0.218 e. The minimum absolute atomic E-state index is 0.259. The summed E-state index contributed by atoms with van der Waals surface area (Å²) < 4.78 is 16.4. The molecule has 6 heteroatoms. The number of hydrogen-bond donors (Lipinski definition) is 1. The third kappa shape index (κ3) is 3.54. The number of nitrogens with one attached hydrogen (secondary N) is 1. The summed E-state index contributed by atoms with van der Waals surface area (Å²) in [6.07, 6.45) is 0.888. The number of ether oxygens (including phenoxy) is 3. The van der Waals surface area contributed by atoms with Crippen molar-refractivity contribution in [3.63, 3.8) is 0 Å². The van der Waals surface area contributed by atoms with Crippen LogP contribution in [-0.4, -0.2) is 49.0 Å². The minimum atomic E-state index is -0.259. The van der Waals surface area contributed by atoms with Gasteiger partial charge in [-0.05, 0) is 13.8 Å². The first-order valence-electron chi connectivity index (χ1n) is 6.53. The number of aryl methyl sites for hydroxylation is 1. The van der Waals surface area contributed by atoms with Gasteiger partial charge < -0.3 is 19.5 Å². The van der Waals surface area contributed by atoms with E-state index in [1.165, 1.54) is 0 Å². The van der Waals surface area contributed by atoms with Gasteiger partial charge in [-0.15, -0.1) is 0 Å². The lowest BCUT2D eigenvalue weighted by atomic mass is 10.0. The predicted molar refractivity (Wildman–Crippen MR) is 71.6 cm³/mol. The second kappa shape index (κ2) is 6.16. The molecular formula is C13H21N3O3. The van der Waals surface area contributed by atoms with Crippen LogP contribution in [0.1, 0.15) is 19.2 Å². The Kier molecular flexibility index (Phi) is 4.55. The van der Waals surface area contributed by atoms with E-state index >= 15 is 0 Å². The van der Waals surface area contributed by atoms with E-state index in [-0.39, 0.29) is 5.60 Å². The maximum Gasteiger partial charge on any atom is 0.218 e. The largest absolute Gasteiger partial charge is 0.478 e. The Labute approximate surface area is 113 Å². The Balaban J connectivity index is 2.02. The molecule has 1 aromatic rings. The fourth-order valence-electron chi connectivity index (χ4n) is 2.07. The fourth-order valence-corrected chi connectivity index (χ4v) is 2.07. The number of nitrogens with zero attached hydrogens (tertiary/aromatic N) is 2. The average molecular weight is 267 g/mol. The van der Waals surface area contributed by atoms with Crippen molar-refractivity contribution in [3.05, 3.63) is 11.9 Å². The van der Waals surface area contributed by atoms with Crippen LogP contribution in [0.4, 0.5) is 5.82 Å². The zero-order valence-corrected chi connectivity index (χ0v) is 11.7. The van der Waals surface area contributed by atoms with E-state index in [0.29, 0.717) is 31.5 Å². The molecule has 0 radical (unpaired) electrons. The van der Waals surface area contributed by atoms with E-state index in [1.807, 2.05) is 13.8 Å². The van der Waals surface area contributed by atoms with E-state index in [2.05, 4.69) is 15.3 Å². The second-order valence-corrected chi connectivity index (χ2v) is 4.61. The highest BCUT2D eigenvalue weighted by molar-refractivity contribution is 5.38. The van der Waals surface area contributed by atoms with Gasteiger partial charge in [-0.25, -0.2) is 4.98 Å². The number of aromatic nitrogens is 2. The van der Waals surface area contributed by atoms with Gasteiger partial charge in [0.15, 0.2) is 0 Å². The average Bonchev–Trinajstić information content (AvgIpc) is 2.86. The van der Waals surface area contributed by atoms with Gasteiger partial charge in [0.1, 0.15) is 17.2 Å². The summed E-state index contributed by atoms with van der Waals surface area (Å²) in [5, 5.41) is 3.28. The molecular weight excluding hydrogens is 246 g/mol. The summed E-state index contributed by atoms with van der Waals surface area (Å²) in [6.45, 7) is 6.37. The van der Waals surface area contributed by atoms with Gasteiger partial charge in [-0.3, -0.25) is 0 Å². The summed E-state index contributed by atoms with van der Waals surface area (Å²) in [4.78, 5) is 8.56. The van der Waals surface area contributed by atoms with E-state index in [4.69, 9.17) is 14.2 Å². The van der Waals surface area contributed by atoms with Crippen molar-refractivity contribution in [2.45, 2.75) is 25.9 Å². The molecule has 1 saturated heterocycles. The van der Waals surface area contributed by atoms with Crippen LogP contribution >= 0.6 is 0 Å². The Bertz CT molecular complexity index is 420.